The number of rotatable bonds is 4. The molecule has 2 atom stereocenters. The van der Waals surface area contributed by atoms with Gasteiger partial charge in [0, 0.05) is 48.5 Å². The Labute approximate surface area is 194 Å². The van der Waals surface area contributed by atoms with E-state index in [1.165, 1.54) is 13.8 Å². The number of carbonyl (C=O) groups excluding carboxylic acids is 3. The molecule has 3 heterocycles. The Balaban J connectivity index is 1.65. The van der Waals surface area contributed by atoms with Gasteiger partial charge in [0.25, 0.3) is 0 Å². The summed E-state index contributed by atoms with van der Waals surface area (Å²) >= 11 is 0. The van der Waals surface area contributed by atoms with Gasteiger partial charge in [-0.15, -0.1) is 0 Å². The maximum Gasteiger partial charge on any atom is 0.308 e. The van der Waals surface area contributed by atoms with Gasteiger partial charge in [0.05, 0.1) is 6.42 Å². The molecule has 0 radical (unpaired) electrons. The van der Waals surface area contributed by atoms with Gasteiger partial charge in [-0.3, -0.25) is 24.4 Å². The second kappa shape index (κ2) is 8.55. The fraction of sp³-hybridized carbons (Fsp3) is 0.192. The quantitative estimate of drug-likeness (QED) is 0.329. The van der Waals surface area contributed by atoms with Crippen molar-refractivity contribution in [1.82, 2.24) is 9.97 Å². The Morgan fingerprint density at radius 1 is 0.824 bits per heavy atom. The molecular weight excluding hydrogens is 436 g/mol. The van der Waals surface area contributed by atoms with Crippen molar-refractivity contribution < 1.29 is 28.6 Å². The molecule has 0 saturated carbocycles. The van der Waals surface area contributed by atoms with Crippen LogP contribution in [0.2, 0.25) is 0 Å². The van der Waals surface area contributed by atoms with Crippen LogP contribution in [-0.4, -0.2) is 27.9 Å². The molecule has 0 unspecified atom stereocenters. The normalized spacial score (nSPS) is 17.5. The number of hydrogen-bond acceptors (Lipinski definition) is 8. The van der Waals surface area contributed by atoms with Gasteiger partial charge in [-0.25, -0.2) is 0 Å². The molecule has 1 fully saturated rings. The first kappa shape index (κ1) is 21.5. The van der Waals surface area contributed by atoms with Gasteiger partial charge >= 0.3 is 17.9 Å². The lowest BCUT2D eigenvalue weighted by atomic mass is 9.86. The van der Waals surface area contributed by atoms with E-state index in [9.17, 15) is 14.4 Å². The highest BCUT2D eigenvalue weighted by Gasteiger charge is 2.39. The van der Waals surface area contributed by atoms with Gasteiger partial charge in [-0.05, 0) is 29.8 Å². The van der Waals surface area contributed by atoms with E-state index in [1.807, 2.05) is 24.3 Å². The number of nitrogens with zero attached hydrogens (tertiary/aromatic N) is 2. The molecular formula is C26H20N2O6. The minimum Gasteiger partial charge on any atom is -0.457 e. The predicted molar refractivity (Wildman–Crippen MR) is 122 cm³/mol. The van der Waals surface area contributed by atoms with Gasteiger partial charge in [0.1, 0.15) is 17.1 Å². The van der Waals surface area contributed by atoms with Crippen molar-refractivity contribution in [3.8, 4) is 11.5 Å². The largest absolute Gasteiger partial charge is 0.457 e. The summed E-state index contributed by atoms with van der Waals surface area (Å²) in [6, 6.07) is 14.3. The van der Waals surface area contributed by atoms with Crippen molar-refractivity contribution in [2.45, 2.75) is 32.3 Å². The third-order valence-electron chi connectivity index (χ3n) is 5.76. The minimum absolute atomic E-state index is 0.176. The Bertz CT molecular complexity index is 1360. The smallest absolute Gasteiger partial charge is 0.308 e. The lowest BCUT2D eigenvalue weighted by Gasteiger charge is -2.21. The fourth-order valence-corrected chi connectivity index (χ4v) is 4.50. The highest BCUT2D eigenvalue weighted by molar-refractivity contribution is 5.92. The zero-order valence-electron chi connectivity index (χ0n) is 18.5. The van der Waals surface area contributed by atoms with Crippen LogP contribution < -0.4 is 9.47 Å². The number of para-hydroxylation sites is 2. The van der Waals surface area contributed by atoms with Crippen LogP contribution in [0.15, 0.2) is 60.9 Å². The Morgan fingerprint density at radius 2 is 1.35 bits per heavy atom. The average molecular weight is 456 g/mol. The highest BCUT2D eigenvalue weighted by Crippen LogP contribution is 2.46. The Kier molecular flexibility index (Phi) is 5.41. The predicted octanol–water partition coefficient (Wildman–Crippen LogP) is 4.41. The SMILES string of the molecule is CC(=O)Oc1cccc2c([C@H]3OC(=O)C[C@H]3c3ccnc4c(OC(C)=O)cccc34)ccnc12. The molecule has 0 amide bonds. The molecule has 0 aliphatic carbocycles. The maximum atomic E-state index is 12.5. The second-order valence-electron chi connectivity index (χ2n) is 8.01. The number of esters is 3. The van der Waals surface area contributed by atoms with Crippen molar-refractivity contribution in [2.24, 2.45) is 0 Å². The maximum absolute atomic E-state index is 12.5. The lowest BCUT2D eigenvalue weighted by Crippen LogP contribution is -2.09. The standard InChI is InChI=1S/C26H20N2O6/c1-14(29)32-21-7-3-5-17-16(9-11-27-24(17)21)20-13-23(31)34-26(20)19-10-12-28-25-18(19)6-4-8-22(25)33-15(2)30/h3-12,20,26H,13H2,1-2H3/t20-,26+/m0/s1. The first-order valence-electron chi connectivity index (χ1n) is 10.7. The number of ether oxygens (including phenoxy) is 3. The number of benzene rings is 2. The number of pyridine rings is 2. The van der Waals surface area contributed by atoms with E-state index in [4.69, 9.17) is 14.2 Å². The van der Waals surface area contributed by atoms with E-state index < -0.39 is 18.0 Å². The molecule has 8 nitrogen and oxygen atoms in total. The van der Waals surface area contributed by atoms with E-state index in [1.54, 1.807) is 36.7 Å². The molecule has 34 heavy (non-hydrogen) atoms. The van der Waals surface area contributed by atoms with Crippen molar-refractivity contribution in [2.75, 3.05) is 0 Å². The van der Waals surface area contributed by atoms with E-state index in [0.717, 1.165) is 21.9 Å². The Morgan fingerprint density at radius 3 is 1.91 bits per heavy atom. The van der Waals surface area contributed by atoms with Crippen LogP contribution in [-0.2, 0) is 19.1 Å². The molecule has 8 heteroatoms. The topological polar surface area (TPSA) is 105 Å². The van der Waals surface area contributed by atoms with Gasteiger partial charge in [0.15, 0.2) is 11.5 Å². The molecule has 0 spiro atoms. The van der Waals surface area contributed by atoms with Crippen molar-refractivity contribution in [3.63, 3.8) is 0 Å². The van der Waals surface area contributed by atoms with Crippen molar-refractivity contribution in [3.05, 3.63) is 72.1 Å². The number of carbonyl (C=O) groups is 3. The van der Waals surface area contributed by atoms with E-state index >= 15 is 0 Å². The van der Waals surface area contributed by atoms with E-state index in [0.29, 0.717) is 22.5 Å². The summed E-state index contributed by atoms with van der Waals surface area (Å²) in [5, 5.41) is 1.50. The van der Waals surface area contributed by atoms with E-state index in [2.05, 4.69) is 9.97 Å². The fourth-order valence-electron chi connectivity index (χ4n) is 4.50. The summed E-state index contributed by atoms with van der Waals surface area (Å²) in [5.74, 6) is -0.826. The van der Waals surface area contributed by atoms with Gasteiger partial charge in [0.2, 0.25) is 0 Å². The third kappa shape index (κ3) is 3.83. The molecule has 1 aliphatic heterocycles. The molecule has 2 aromatic heterocycles. The second-order valence-corrected chi connectivity index (χ2v) is 8.01. The Hall–Kier alpha value is -4.33. The third-order valence-corrected chi connectivity index (χ3v) is 5.76. The van der Waals surface area contributed by atoms with Crippen LogP contribution in [0.3, 0.4) is 0 Å². The van der Waals surface area contributed by atoms with Crippen molar-refractivity contribution in [1.29, 1.82) is 0 Å². The van der Waals surface area contributed by atoms with Crippen molar-refractivity contribution >= 4 is 39.7 Å². The zero-order chi connectivity index (χ0) is 23.8. The summed E-state index contributed by atoms with van der Waals surface area (Å²) in [6.45, 7) is 2.66. The number of fused-ring (bicyclic) bond motifs is 2. The first-order chi connectivity index (χ1) is 16.4. The zero-order valence-corrected chi connectivity index (χ0v) is 18.5. The lowest BCUT2D eigenvalue weighted by molar-refractivity contribution is -0.141. The average Bonchev–Trinajstić information content (AvgIpc) is 3.19. The summed E-state index contributed by atoms with van der Waals surface area (Å²) in [4.78, 5) is 44.4. The first-order valence-corrected chi connectivity index (χ1v) is 10.7. The number of aromatic nitrogens is 2. The van der Waals surface area contributed by atoms with Crippen LogP contribution in [0.25, 0.3) is 21.8 Å². The van der Waals surface area contributed by atoms with Gasteiger partial charge < -0.3 is 14.2 Å². The summed E-state index contributed by atoms with van der Waals surface area (Å²) in [5.41, 5.74) is 2.66. The summed E-state index contributed by atoms with van der Waals surface area (Å²) in [6.07, 6.45) is 2.83. The minimum atomic E-state index is -0.589. The summed E-state index contributed by atoms with van der Waals surface area (Å²) in [7, 11) is 0. The molecule has 170 valence electrons. The summed E-state index contributed by atoms with van der Waals surface area (Å²) < 4.78 is 16.5. The molecule has 5 rings (SSSR count). The molecule has 1 saturated heterocycles. The molecule has 4 aromatic rings. The van der Waals surface area contributed by atoms with Crippen LogP contribution >= 0.6 is 0 Å². The van der Waals surface area contributed by atoms with Crippen LogP contribution in [0.4, 0.5) is 0 Å². The molecule has 2 aromatic carbocycles. The molecule has 0 N–H and O–H groups in total. The van der Waals surface area contributed by atoms with Crippen LogP contribution in [0.1, 0.15) is 43.4 Å². The van der Waals surface area contributed by atoms with E-state index in [-0.39, 0.29) is 18.3 Å². The van der Waals surface area contributed by atoms with Gasteiger partial charge in [-0.1, -0.05) is 24.3 Å². The number of hydrogen-bond donors (Lipinski definition) is 0. The molecule has 0 bridgehead atoms. The van der Waals surface area contributed by atoms with Gasteiger partial charge in [-0.2, -0.15) is 0 Å². The highest BCUT2D eigenvalue weighted by atomic mass is 16.6. The monoisotopic (exact) mass is 456 g/mol. The van der Waals surface area contributed by atoms with Crippen LogP contribution in [0, 0.1) is 0 Å². The molecule has 1 aliphatic rings. The number of cyclic esters (lactones) is 1. The van der Waals surface area contributed by atoms with Crippen LogP contribution in [0.5, 0.6) is 11.5 Å².